The Hall–Kier alpha value is -2.11. The predicted octanol–water partition coefficient (Wildman–Crippen LogP) is 3.56. The molecular formula is C23H21ClO5. The van der Waals surface area contributed by atoms with Crippen molar-refractivity contribution in [2.75, 3.05) is 14.2 Å². The molecule has 3 saturated carbocycles. The first-order valence-electron chi connectivity index (χ1n) is 10.1. The van der Waals surface area contributed by atoms with Gasteiger partial charge in [0.1, 0.15) is 11.2 Å². The van der Waals surface area contributed by atoms with Gasteiger partial charge in [0.25, 0.3) is 0 Å². The third-order valence-electron chi connectivity index (χ3n) is 7.96. The summed E-state index contributed by atoms with van der Waals surface area (Å²) in [5.41, 5.74) is 2.22. The Labute approximate surface area is 173 Å². The molecule has 0 spiro atoms. The smallest absolute Gasteiger partial charge is 0.335 e. The lowest BCUT2D eigenvalue weighted by Gasteiger charge is -2.29. The molecule has 0 amide bonds. The van der Waals surface area contributed by atoms with Gasteiger partial charge in [-0.3, -0.25) is 0 Å². The summed E-state index contributed by atoms with van der Waals surface area (Å²) in [4.78, 5) is 25.7. The van der Waals surface area contributed by atoms with Crippen molar-refractivity contribution in [2.45, 2.75) is 30.5 Å². The quantitative estimate of drug-likeness (QED) is 0.561. The molecule has 6 rings (SSSR count). The SMILES string of the molecule is COC(=O)C1=C(C(=O)OC)C2C(=Cc3ccc(Cl)cc3)C1C13OC21C1CCC3C1. The normalized spacial score (nSPS) is 40.0. The van der Waals surface area contributed by atoms with Gasteiger partial charge in [0, 0.05) is 16.9 Å². The summed E-state index contributed by atoms with van der Waals surface area (Å²) in [6, 6.07) is 7.60. The van der Waals surface area contributed by atoms with Crippen molar-refractivity contribution in [3.05, 3.63) is 51.6 Å². The van der Waals surface area contributed by atoms with Crippen LogP contribution < -0.4 is 0 Å². The Morgan fingerprint density at radius 1 is 1.00 bits per heavy atom. The van der Waals surface area contributed by atoms with E-state index in [1.165, 1.54) is 14.2 Å². The van der Waals surface area contributed by atoms with Crippen molar-refractivity contribution >= 4 is 29.6 Å². The molecule has 0 aromatic heterocycles. The molecule has 1 aliphatic heterocycles. The number of esters is 2. The van der Waals surface area contributed by atoms with E-state index in [9.17, 15) is 9.59 Å². The molecule has 4 bridgehead atoms. The van der Waals surface area contributed by atoms with E-state index in [0.29, 0.717) is 28.0 Å². The molecule has 6 atom stereocenters. The summed E-state index contributed by atoms with van der Waals surface area (Å²) in [7, 11) is 2.72. The number of methoxy groups -OCH3 is 2. The fourth-order valence-electron chi connectivity index (χ4n) is 7.19. The second-order valence-corrected chi connectivity index (χ2v) is 9.20. The highest BCUT2D eigenvalue weighted by Gasteiger charge is 2.94. The number of rotatable bonds is 3. The summed E-state index contributed by atoms with van der Waals surface area (Å²) < 4.78 is 16.8. The Kier molecular flexibility index (Phi) is 3.38. The minimum absolute atomic E-state index is 0.250. The van der Waals surface area contributed by atoms with E-state index in [0.717, 1.165) is 30.4 Å². The number of carbonyl (C=O) groups excluding carboxylic acids is 2. The standard InChI is InChI=1S/C23H21ClO5/c1-27-20(25)16-17(21(26)28-2)19-15(9-11-3-7-14(24)8-4-11)18(16)22-12-5-6-13(10-12)23(19,22)29-22/h3-4,7-9,12-13,18-19H,5-6,10H2,1-2H3. The molecule has 0 radical (unpaired) electrons. The number of epoxide rings is 1. The zero-order chi connectivity index (χ0) is 20.1. The van der Waals surface area contributed by atoms with Crippen LogP contribution in [-0.4, -0.2) is 37.4 Å². The molecular weight excluding hydrogens is 392 g/mol. The number of benzene rings is 1. The van der Waals surface area contributed by atoms with Gasteiger partial charge >= 0.3 is 11.9 Å². The van der Waals surface area contributed by atoms with E-state index >= 15 is 0 Å². The van der Waals surface area contributed by atoms with Crippen molar-refractivity contribution in [1.82, 2.24) is 0 Å². The highest BCUT2D eigenvalue weighted by molar-refractivity contribution is 6.30. The Bertz CT molecular complexity index is 970. The van der Waals surface area contributed by atoms with Crippen molar-refractivity contribution in [1.29, 1.82) is 0 Å². The fraction of sp³-hybridized carbons (Fsp3) is 0.478. The van der Waals surface area contributed by atoms with E-state index in [1.54, 1.807) is 0 Å². The largest absolute Gasteiger partial charge is 0.466 e. The average molecular weight is 413 g/mol. The van der Waals surface area contributed by atoms with Gasteiger partial charge in [0.2, 0.25) is 0 Å². The molecule has 6 heteroatoms. The summed E-state index contributed by atoms with van der Waals surface area (Å²) in [6.45, 7) is 0. The number of carbonyl (C=O) groups is 2. The number of halogens is 1. The molecule has 0 N–H and O–H groups in total. The van der Waals surface area contributed by atoms with Crippen molar-refractivity contribution in [2.24, 2.45) is 23.7 Å². The van der Waals surface area contributed by atoms with E-state index in [2.05, 4.69) is 6.08 Å². The van der Waals surface area contributed by atoms with Crippen molar-refractivity contribution in [3.63, 3.8) is 0 Å². The molecule has 5 aliphatic rings. The van der Waals surface area contributed by atoms with Crippen LogP contribution in [0.25, 0.3) is 6.08 Å². The van der Waals surface area contributed by atoms with Gasteiger partial charge in [0.05, 0.1) is 25.4 Å². The van der Waals surface area contributed by atoms with E-state index in [-0.39, 0.29) is 23.0 Å². The third-order valence-corrected chi connectivity index (χ3v) is 8.21. The second-order valence-electron chi connectivity index (χ2n) is 8.77. The van der Waals surface area contributed by atoms with Gasteiger partial charge in [-0.05, 0) is 54.4 Å². The molecule has 1 aromatic rings. The highest BCUT2D eigenvalue weighted by Crippen LogP contribution is 2.86. The summed E-state index contributed by atoms with van der Waals surface area (Å²) in [5, 5.41) is 0.670. The third kappa shape index (κ3) is 1.83. The van der Waals surface area contributed by atoms with Gasteiger partial charge in [-0.2, -0.15) is 0 Å². The summed E-state index contributed by atoms with van der Waals surface area (Å²) in [6.07, 6.45) is 5.45. The number of ether oxygens (including phenoxy) is 3. The first kappa shape index (κ1) is 17.7. The highest BCUT2D eigenvalue weighted by atomic mass is 35.5. The van der Waals surface area contributed by atoms with Crippen LogP contribution in [0.3, 0.4) is 0 Å². The van der Waals surface area contributed by atoms with Crippen LogP contribution in [0.4, 0.5) is 0 Å². The van der Waals surface area contributed by atoms with Gasteiger partial charge in [-0.25, -0.2) is 9.59 Å². The lowest BCUT2D eigenvalue weighted by molar-refractivity contribution is -0.140. The molecule has 4 fully saturated rings. The second kappa shape index (κ2) is 5.52. The molecule has 1 heterocycles. The molecule has 150 valence electrons. The first-order valence-corrected chi connectivity index (χ1v) is 10.4. The maximum Gasteiger partial charge on any atom is 0.335 e. The lowest BCUT2D eigenvalue weighted by Crippen LogP contribution is -2.42. The molecule has 29 heavy (non-hydrogen) atoms. The fourth-order valence-corrected chi connectivity index (χ4v) is 7.31. The monoisotopic (exact) mass is 412 g/mol. The molecule has 4 aliphatic carbocycles. The van der Waals surface area contributed by atoms with Crippen LogP contribution in [0, 0.1) is 23.7 Å². The minimum atomic E-state index is -0.457. The Morgan fingerprint density at radius 2 is 1.52 bits per heavy atom. The van der Waals surface area contributed by atoms with Crippen LogP contribution in [0.5, 0.6) is 0 Å². The summed E-state index contributed by atoms with van der Waals surface area (Å²) in [5.74, 6) is -0.563. The van der Waals surface area contributed by atoms with Gasteiger partial charge in [-0.1, -0.05) is 29.8 Å². The maximum absolute atomic E-state index is 12.8. The number of fused-ring (bicyclic) bond motifs is 4. The van der Waals surface area contributed by atoms with Crippen LogP contribution in [0.1, 0.15) is 24.8 Å². The van der Waals surface area contributed by atoms with Gasteiger partial charge in [-0.15, -0.1) is 0 Å². The van der Waals surface area contributed by atoms with Crippen LogP contribution in [-0.2, 0) is 23.8 Å². The van der Waals surface area contributed by atoms with Crippen molar-refractivity contribution < 1.29 is 23.8 Å². The average Bonchev–Trinajstić information content (AvgIpc) is 3.03. The van der Waals surface area contributed by atoms with Crippen molar-refractivity contribution in [3.8, 4) is 0 Å². The molecule has 5 nitrogen and oxygen atoms in total. The molecule has 6 unspecified atom stereocenters. The minimum Gasteiger partial charge on any atom is -0.466 e. The Morgan fingerprint density at radius 3 is 2.00 bits per heavy atom. The molecule has 1 saturated heterocycles. The zero-order valence-electron chi connectivity index (χ0n) is 16.2. The number of hydrogen-bond donors (Lipinski definition) is 0. The Balaban J connectivity index is 1.57. The predicted molar refractivity (Wildman–Crippen MR) is 105 cm³/mol. The van der Waals surface area contributed by atoms with E-state index < -0.39 is 11.9 Å². The summed E-state index contributed by atoms with van der Waals surface area (Å²) >= 11 is 6.05. The topological polar surface area (TPSA) is 65.1 Å². The first-order chi connectivity index (χ1) is 14.0. The number of hydrogen-bond acceptors (Lipinski definition) is 5. The van der Waals surface area contributed by atoms with Gasteiger partial charge in [0.15, 0.2) is 0 Å². The lowest BCUT2D eigenvalue weighted by atomic mass is 9.69. The van der Waals surface area contributed by atoms with Crippen LogP contribution in [0.15, 0.2) is 41.0 Å². The van der Waals surface area contributed by atoms with Gasteiger partial charge < -0.3 is 14.2 Å². The maximum atomic E-state index is 12.8. The van der Waals surface area contributed by atoms with Crippen LogP contribution >= 0.6 is 11.6 Å². The molecule has 1 aromatic carbocycles. The van der Waals surface area contributed by atoms with E-state index in [1.807, 2.05) is 24.3 Å². The van der Waals surface area contributed by atoms with E-state index in [4.69, 9.17) is 25.8 Å². The van der Waals surface area contributed by atoms with Crippen LogP contribution in [0.2, 0.25) is 5.02 Å². The zero-order valence-corrected chi connectivity index (χ0v) is 17.0.